The molecule has 1 amide bonds. The van der Waals surface area contributed by atoms with Crippen LogP contribution in [0.5, 0.6) is 0 Å². The van der Waals surface area contributed by atoms with Gasteiger partial charge in [0.1, 0.15) is 5.60 Å². The van der Waals surface area contributed by atoms with Gasteiger partial charge in [-0.3, -0.25) is 0 Å². The van der Waals surface area contributed by atoms with E-state index >= 15 is 0 Å². The minimum Gasteiger partial charge on any atom is -0.548 e. The lowest BCUT2D eigenvalue weighted by molar-refractivity contribution is -0.308. The molecule has 1 atom stereocenters. The number of carbonyl (C=O) groups excluding carboxylic acids is 2. The topological polar surface area (TPSA) is 78.5 Å². The van der Waals surface area contributed by atoms with Crippen molar-refractivity contribution >= 4 is 12.1 Å². The molecule has 0 bridgehead atoms. The van der Waals surface area contributed by atoms with Crippen LogP contribution in [0.1, 0.15) is 40.5 Å². The van der Waals surface area contributed by atoms with Gasteiger partial charge in [-0.15, -0.1) is 0 Å². The number of carboxylic acids is 1. The van der Waals surface area contributed by atoms with Gasteiger partial charge in [0.25, 0.3) is 0 Å². The molecular weight excluding hydrogens is 198 g/mol. The van der Waals surface area contributed by atoms with Gasteiger partial charge in [0.15, 0.2) is 0 Å². The molecule has 88 valence electrons. The smallest absolute Gasteiger partial charge is 0.408 e. The van der Waals surface area contributed by atoms with Crippen molar-refractivity contribution in [3.8, 4) is 0 Å². The third-order valence-electron chi connectivity index (χ3n) is 1.55. The summed E-state index contributed by atoms with van der Waals surface area (Å²) >= 11 is 0. The first-order valence-electron chi connectivity index (χ1n) is 4.96. The summed E-state index contributed by atoms with van der Waals surface area (Å²) in [6.07, 6.45) is 0.251. The van der Waals surface area contributed by atoms with Gasteiger partial charge in [0, 0.05) is 0 Å². The van der Waals surface area contributed by atoms with Gasteiger partial charge in [-0.1, -0.05) is 13.3 Å². The van der Waals surface area contributed by atoms with Crippen LogP contribution in [0.15, 0.2) is 0 Å². The minimum atomic E-state index is -1.29. The summed E-state index contributed by atoms with van der Waals surface area (Å²) in [6, 6.07) is -0.982. The maximum Gasteiger partial charge on any atom is 0.408 e. The first-order chi connectivity index (χ1) is 6.76. The van der Waals surface area contributed by atoms with Crippen LogP contribution in [0.25, 0.3) is 0 Å². The van der Waals surface area contributed by atoms with Gasteiger partial charge >= 0.3 is 6.09 Å². The molecule has 0 rings (SSSR count). The van der Waals surface area contributed by atoms with Gasteiger partial charge in [-0.05, 0) is 27.2 Å². The van der Waals surface area contributed by atoms with Crippen molar-refractivity contribution in [2.24, 2.45) is 0 Å². The minimum absolute atomic E-state index is 0.335. The van der Waals surface area contributed by atoms with Crippen molar-refractivity contribution in [1.82, 2.24) is 5.32 Å². The van der Waals surface area contributed by atoms with Crippen LogP contribution >= 0.6 is 0 Å². The van der Waals surface area contributed by atoms with Gasteiger partial charge in [-0.25, -0.2) is 4.79 Å². The zero-order valence-electron chi connectivity index (χ0n) is 9.62. The van der Waals surface area contributed by atoms with E-state index in [4.69, 9.17) is 4.74 Å². The Labute approximate surface area is 89.8 Å². The van der Waals surface area contributed by atoms with Crippen LogP contribution in [0.4, 0.5) is 4.79 Å². The Kier molecular flexibility index (Phi) is 5.11. The molecule has 1 N–H and O–H groups in total. The number of rotatable bonds is 4. The summed E-state index contributed by atoms with van der Waals surface area (Å²) in [5.41, 5.74) is -0.632. The van der Waals surface area contributed by atoms with Crippen LogP contribution in [-0.4, -0.2) is 23.7 Å². The Bertz CT molecular complexity index is 232. The van der Waals surface area contributed by atoms with Crippen LogP contribution in [0.2, 0.25) is 0 Å². The van der Waals surface area contributed by atoms with E-state index in [-0.39, 0.29) is 0 Å². The fourth-order valence-electron chi connectivity index (χ4n) is 0.987. The van der Waals surface area contributed by atoms with Crippen molar-refractivity contribution < 1.29 is 19.4 Å². The summed E-state index contributed by atoms with van der Waals surface area (Å²) in [6.45, 7) is 6.95. The number of hydrogen-bond donors (Lipinski definition) is 1. The largest absolute Gasteiger partial charge is 0.548 e. The summed E-state index contributed by atoms with van der Waals surface area (Å²) in [7, 11) is 0. The molecule has 0 aromatic heterocycles. The molecule has 0 spiro atoms. The lowest BCUT2D eigenvalue weighted by Gasteiger charge is -2.23. The quantitative estimate of drug-likeness (QED) is 0.739. The van der Waals surface area contributed by atoms with Crippen molar-refractivity contribution in [2.75, 3.05) is 0 Å². The standard InChI is InChI=1S/C10H19NO4/c1-5-6-7(8(12)13)11-9(14)15-10(2,3)4/h7H,5-6H2,1-4H3,(H,11,14)(H,12,13)/p-1/t7-/m1/s1. The van der Waals surface area contributed by atoms with Crippen LogP contribution in [0, 0.1) is 0 Å². The highest BCUT2D eigenvalue weighted by molar-refractivity contribution is 5.78. The van der Waals surface area contributed by atoms with Crippen molar-refractivity contribution in [1.29, 1.82) is 0 Å². The number of aliphatic carboxylic acids is 1. The molecule has 0 unspecified atom stereocenters. The summed E-state index contributed by atoms with van der Waals surface area (Å²) in [5, 5.41) is 12.9. The number of hydrogen-bond acceptors (Lipinski definition) is 4. The Morgan fingerprint density at radius 2 is 1.93 bits per heavy atom. The normalized spacial score (nSPS) is 13.1. The molecule has 0 aliphatic heterocycles. The maximum absolute atomic E-state index is 11.2. The molecule has 0 fully saturated rings. The highest BCUT2D eigenvalue weighted by Crippen LogP contribution is 2.07. The number of nitrogens with one attached hydrogen (secondary N) is 1. The summed E-state index contributed by atoms with van der Waals surface area (Å²) in [5.74, 6) is -1.29. The molecule has 0 aliphatic rings. The second-order valence-electron chi connectivity index (χ2n) is 4.31. The second-order valence-corrected chi connectivity index (χ2v) is 4.31. The SMILES string of the molecule is CCC[C@@H](NC(=O)OC(C)(C)C)C(=O)[O-]. The van der Waals surface area contributed by atoms with Gasteiger partial charge in [0.05, 0.1) is 12.0 Å². The van der Waals surface area contributed by atoms with E-state index in [1.54, 1.807) is 20.8 Å². The fourth-order valence-corrected chi connectivity index (χ4v) is 0.987. The van der Waals surface area contributed by atoms with E-state index in [2.05, 4.69) is 5.32 Å². The van der Waals surface area contributed by atoms with Crippen LogP contribution in [-0.2, 0) is 9.53 Å². The molecule has 15 heavy (non-hydrogen) atoms. The fraction of sp³-hybridized carbons (Fsp3) is 0.800. The van der Waals surface area contributed by atoms with E-state index < -0.39 is 23.7 Å². The number of carbonyl (C=O) groups is 2. The zero-order valence-corrected chi connectivity index (χ0v) is 9.62. The molecule has 0 aromatic carbocycles. The molecular formula is C10H18NO4-. The molecule has 0 radical (unpaired) electrons. The molecule has 0 heterocycles. The summed E-state index contributed by atoms with van der Waals surface area (Å²) in [4.78, 5) is 21.8. The Morgan fingerprint density at radius 1 is 1.40 bits per heavy atom. The van der Waals surface area contributed by atoms with Gasteiger partial charge in [-0.2, -0.15) is 0 Å². The monoisotopic (exact) mass is 216 g/mol. The highest BCUT2D eigenvalue weighted by Gasteiger charge is 2.19. The van der Waals surface area contributed by atoms with Crippen LogP contribution in [0.3, 0.4) is 0 Å². The lowest BCUT2D eigenvalue weighted by atomic mass is 10.2. The van der Waals surface area contributed by atoms with Crippen LogP contribution < -0.4 is 10.4 Å². The average Bonchev–Trinajstić information content (AvgIpc) is 1.99. The van der Waals surface area contributed by atoms with Gasteiger partial charge in [0.2, 0.25) is 0 Å². The Balaban J connectivity index is 4.18. The first kappa shape index (κ1) is 13.7. The lowest BCUT2D eigenvalue weighted by Crippen LogP contribution is -2.49. The molecule has 5 nitrogen and oxygen atoms in total. The number of alkyl carbamates (subject to hydrolysis) is 1. The average molecular weight is 216 g/mol. The highest BCUT2D eigenvalue weighted by atomic mass is 16.6. The Morgan fingerprint density at radius 3 is 2.27 bits per heavy atom. The molecule has 5 heteroatoms. The second kappa shape index (κ2) is 5.58. The van der Waals surface area contributed by atoms with E-state index in [1.807, 2.05) is 6.92 Å². The van der Waals surface area contributed by atoms with E-state index in [9.17, 15) is 14.7 Å². The third kappa shape index (κ3) is 6.76. The zero-order chi connectivity index (χ0) is 12.1. The maximum atomic E-state index is 11.2. The van der Waals surface area contributed by atoms with Crippen molar-refractivity contribution in [3.05, 3.63) is 0 Å². The van der Waals surface area contributed by atoms with E-state index in [0.717, 1.165) is 0 Å². The number of carboxylic acid groups (broad SMARTS) is 1. The number of amides is 1. The summed E-state index contributed by atoms with van der Waals surface area (Å²) < 4.78 is 4.92. The molecule has 0 saturated carbocycles. The molecule has 0 aliphatic carbocycles. The number of ether oxygens (including phenoxy) is 1. The van der Waals surface area contributed by atoms with E-state index in [0.29, 0.717) is 12.8 Å². The predicted molar refractivity (Wildman–Crippen MR) is 53.1 cm³/mol. The third-order valence-corrected chi connectivity index (χ3v) is 1.55. The Hall–Kier alpha value is -1.26. The first-order valence-corrected chi connectivity index (χ1v) is 4.96. The molecule has 0 saturated heterocycles. The van der Waals surface area contributed by atoms with Gasteiger partial charge < -0.3 is 20.0 Å². The predicted octanol–water partition coefficient (Wildman–Crippen LogP) is 0.430. The van der Waals surface area contributed by atoms with Crippen molar-refractivity contribution in [2.45, 2.75) is 52.2 Å². The molecule has 0 aromatic rings. The van der Waals surface area contributed by atoms with Crippen molar-refractivity contribution in [3.63, 3.8) is 0 Å². The van der Waals surface area contributed by atoms with E-state index in [1.165, 1.54) is 0 Å².